The predicted molar refractivity (Wildman–Crippen MR) is 129 cm³/mol. The lowest BCUT2D eigenvalue weighted by molar-refractivity contribution is 0.0943. The number of nitrogens with one attached hydrogen (secondary N) is 2. The summed E-state index contributed by atoms with van der Waals surface area (Å²) >= 11 is 0. The van der Waals surface area contributed by atoms with Crippen molar-refractivity contribution in [1.82, 2.24) is 29.7 Å². The van der Waals surface area contributed by atoms with Crippen LogP contribution in [0.3, 0.4) is 0 Å². The molecule has 0 saturated heterocycles. The average Bonchev–Trinajstić information content (AvgIpc) is 3.62. The lowest BCUT2D eigenvalue weighted by atomic mass is 10.1. The lowest BCUT2D eigenvalue weighted by Crippen LogP contribution is -2.25. The van der Waals surface area contributed by atoms with Gasteiger partial charge in [0.2, 0.25) is 0 Å². The molecule has 0 spiro atoms. The third-order valence-electron chi connectivity index (χ3n) is 5.55. The van der Waals surface area contributed by atoms with Crippen LogP contribution in [0.1, 0.15) is 39.1 Å². The Balaban J connectivity index is 1.41. The molecule has 0 aliphatic rings. The summed E-state index contributed by atoms with van der Waals surface area (Å²) in [7, 11) is 0. The summed E-state index contributed by atoms with van der Waals surface area (Å²) in [6, 6.07) is 13.4. The van der Waals surface area contributed by atoms with Gasteiger partial charge in [-0.1, -0.05) is 29.8 Å². The van der Waals surface area contributed by atoms with E-state index in [9.17, 15) is 9.59 Å². The quantitative estimate of drug-likeness (QED) is 0.375. The molecule has 4 aromatic heterocycles. The van der Waals surface area contributed by atoms with Crippen molar-refractivity contribution >= 4 is 23.1 Å². The standard InChI is InChI=1S/C25H23N7O3/c1-3-31-15-20(22(30-31)25(34)27-13-18-5-4-12-35-18)29-24(33)19-14-28-32-21(10-11-26-23(19)32)17-8-6-16(2)7-9-17/h4-12,14-15H,3,13H2,1-2H3,(H,27,34)(H,29,33). The number of aryl methyl sites for hydroxylation is 2. The van der Waals surface area contributed by atoms with Gasteiger partial charge in [0.25, 0.3) is 11.8 Å². The van der Waals surface area contributed by atoms with Crippen LogP contribution in [0.2, 0.25) is 0 Å². The first-order chi connectivity index (χ1) is 17.0. The molecular weight excluding hydrogens is 446 g/mol. The number of nitrogens with zero attached hydrogens (tertiary/aromatic N) is 5. The minimum absolute atomic E-state index is 0.108. The number of amides is 2. The van der Waals surface area contributed by atoms with Crippen LogP contribution in [0.15, 0.2) is 71.7 Å². The number of carbonyl (C=O) groups is 2. The fourth-order valence-corrected chi connectivity index (χ4v) is 3.69. The molecule has 0 saturated carbocycles. The van der Waals surface area contributed by atoms with Gasteiger partial charge in [-0.3, -0.25) is 14.3 Å². The number of fused-ring (bicyclic) bond motifs is 1. The van der Waals surface area contributed by atoms with Gasteiger partial charge >= 0.3 is 0 Å². The number of carbonyl (C=O) groups excluding carboxylic acids is 2. The third-order valence-corrected chi connectivity index (χ3v) is 5.55. The Morgan fingerprint density at radius 2 is 1.91 bits per heavy atom. The molecule has 4 heterocycles. The lowest BCUT2D eigenvalue weighted by Gasteiger charge is -2.07. The van der Waals surface area contributed by atoms with E-state index in [4.69, 9.17) is 4.42 Å². The maximum absolute atomic E-state index is 13.2. The number of hydrogen-bond donors (Lipinski definition) is 2. The molecule has 176 valence electrons. The second-order valence-corrected chi connectivity index (χ2v) is 7.95. The second-order valence-electron chi connectivity index (χ2n) is 7.95. The SMILES string of the molecule is CCn1cc(NC(=O)c2cnn3c(-c4ccc(C)cc4)ccnc23)c(C(=O)NCc2ccco2)n1. The van der Waals surface area contributed by atoms with E-state index in [-0.39, 0.29) is 17.8 Å². The van der Waals surface area contributed by atoms with E-state index < -0.39 is 11.8 Å². The van der Waals surface area contributed by atoms with Gasteiger partial charge in [-0.15, -0.1) is 0 Å². The zero-order valence-corrected chi connectivity index (χ0v) is 19.2. The van der Waals surface area contributed by atoms with Crippen LogP contribution in [-0.4, -0.2) is 36.2 Å². The molecule has 0 atom stereocenters. The first-order valence-corrected chi connectivity index (χ1v) is 11.1. The van der Waals surface area contributed by atoms with E-state index in [1.54, 1.807) is 33.7 Å². The minimum atomic E-state index is -0.440. The molecule has 1 aromatic carbocycles. The van der Waals surface area contributed by atoms with Gasteiger partial charge in [0.1, 0.15) is 11.3 Å². The Bertz CT molecular complexity index is 1500. The van der Waals surface area contributed by atoms with E-state index in [1.165, 1.54) is 12.5 Å². The van der Waals surface area contributed by atoms with Crippen LogP contribution in [0.5, 0.6) is 0 Å². The Morgan fingerprint density at radius 1 is 1.09 bits per heavy atom. The van der Waals surface area contributed by atoms with Crippen LogP contribution in [0.4, 0.5) is 5.69 Å². The second kappa shape index (κ2) is 9.26. The van der Waals surface area contributed by atoms with Crippen molar-refractivity contribution in [3.05, 3.63) is 89.9 Å². The molecule has 0 aliphatic heterocycles. The van der Waals surface area contributed by atoms with Gasteiger partial charge in [0.05, 0.1) is 30.4 Å². The number of benzene rings is 1. The summed E-state index contributed by atoms with van der Waals surface area (Å²) in [5, 5.41) is 14.3. The van der Waals surface area contributed by atoms with Crippen molar-refractivity contribution in [2.45, 2.75) is 26.9 Å². The Labute approximate surface area is 200 Å². The van der Waals surface area contributed by atoms with Gasteiger partial charge in [-0.05, 0) is 32.0 Å². The molecule has 0 unspecified atom stereocenters. The highest BCUT2D eigenvalue weighted by molar-refractivity contribution is 6.11. The van der Waals surface area contributed by atoms with E-state index in [0.29, 0.717) is 23.6 Å². The highest BCUT2D eigenvalue weighted by Gasteiger charge is 2.22. The molecular formula is C25H23N7O3. The summed E-state index contributed by atoms with van der Waals surface area (Å²) < 4.78 is 8.47. The fourth-order valence-electron chi connectivity index (χ4n) is 3.69. The predicted octanol–water partition coefficient (Wildman–Crippen LogP) is 3.70. The van der Waals surface area contributed by atoms with Gasteiger partial charge in [0.15, 0.2) is 11.3 Å². The summed E-state index contributed by atoms with van der Waals surface area (Å²) in [5.41, 5.74) is 4.01. The van der Waals surface area contributed by atoms with Crippen molar-refractivity contribution in [1.29, 1.82) is 0 Å². The Hall–Kier alpha value is -4.73. The normalized spacial score (nSPS) is 11.0. The summed E-state index contributed by atoms with van der Waals surface area (Å²) in [4.78, 5) is 30.4. The highest BCUT2D eigenvalue weighted by atomic mass is 16.3. The zero-order chi connectivity index (χ0) is 24.4. The molecule has 5 rings (SSSR count). The summed E-state index contributed by atoms with van der Waals surface area (Å²) in [6.45, 7) is 4.66. The molecule has 35 heavy (non-hydrogen) atoms. The maximum Gasteiger partial charge on any atom is 0.274 e. The van der Waals surface area contributed by atoms with Crippen LogP contribution in [0, 0.1) is 6.92 Å². The van der Waals surface area contributed by atoms with E-state index in [2.05, 4.69) is 25.8 Å². The number of rotatable bonds is 7. The number of anilines is 1. The van der Waals surface area contributed by atoms with Crippen LogP contribution < -0.4 is 10.6 Å². The minimum Gasteiger partial charge on any atom is -0.467 e. The van der Waals surface area contributed by atoms with Gasteiger partial charge in [0, 0.05) is 24.5 Å². The number of furan rings is 1. The average molecular weight is 470 g/mol. The smallest absolute Gasteiger partial charge is 0.274 e. The van der Waals surface area contributed by atoms with Crippen molar-refractivity contribution in [3.63, 3.8) is 0 Å². The van der Waals surface area contributed by atoms with Gasteiger partial charge < -0.3 is 15.1 Å². The monoisotopic (exact) mass is 469 g/mol. The molecule has 2 N–H and O–H groups in total. The van der Waals surface area contributed by atoms with Crippen molar-refractivity contribution in [2.75, 3.05) is 5.32 Å². The molecule has 0 radical (unpaired) electrons. The molecule has 2 amide bonds. The molecule has 0 fully saturated rings. The molecule has 10 heteroatoms. The van der Waals surface area contributed by atoms with E-state index in [0.717, 1.165) is 16.8 Å². The summed E-state index contributed by atoms with van der Waals surface area (Å²) in [5.74, 6) is -0.256. The van der Waals surface area contributed by atoms with Crippen LogP contribution in [-0.2, 0) is 13.1 Å². The molecule has 0 bridgehead atoms. The van der Waals surface area contributed by atoms with Gasteiger partial charge in [-0.25, -0.2) is 9.50 Å². The van der Waals surface area contributed by atoms with Crippen molar-refractivity contribution in [3.8, 4) is 11.3 Å². The first-order valence-electron chi connectivity index (χ1n) is 11.1. The topological polar surface area (TPSA) is 119 Å². The largest absolute Gasteiger partial charge is 0.467 e. The maximum atomic E-state index is 13.2. The van der Waals surface area contributed by atoms with E-state index in [1.807, 2.05) is 44.2 Å². The van der Waals surface area contributed by atoms with Crippen LogP contribution in [0.25, 0.3) is 16.9 Å². The van der Waals surface area contributed by atoms with Gasteiger partial charge in [-0.2, -0.15) is 10.2 Å². The zero-order valence-electron chi connectivity index (χ0n) is 19.2. The third kappa shape index (κ3) is 4.41. The van der Waals surface area contributed by atoms with E-state index >= 15 is 0 Å². The Morgan fingerprint density at radius 3 is 2.66 bits per heavy atom. The molecule has 0 aliphatic carbocycles. The highest BCUT2D eigenvalue weighted by Crippen LogP contribution is 2.23. The van der Waals surface area contributed by atoms with Crippen molar-refractivity contribution in [2.24, 2.45) is 0 Å². The molecule has 10 nitrogen and oxygen atoms in total. The fraction of sp³-hybridized carbons (Fsp3) is 0.160. The summed E-state index contributed by atoms with van der Waals surface area (Å²) in [6.07, 6.45) is 6.27. The number of aromatic nitrogens is 5. The van der Waals surface area contributed by atoms with Crippen molar-refractivity contribution < 1.29 is 14.0 Å². The van der Waals surface area contributed by atoms with Crippen LogP contribution >= 0.6 is 0 Å². The Kier molecular flexibility index (Phi) is 5.84. The first kappa shape index (κ1) is 22.1. The number of hydrogen-bond acceptors (Lipinski definition) is 6. The molecule has 5 aromatic rings.